The lowest BCUT2D eigenvalue weighted by molar-refractivity contribution is 0.593. The fourth-order valence-corrected chi connectivity index (χ4v) is 4.10. The van der Waals surface area contributed by atoms with Crippen molar-refractivity contribution in [2.75, 3.05) is 25.4 Å². The number of hydrogen-bond donors (Lipinski definition) is 2. The van der Waals surface area contributed by atoms with Crippen LogP contribution in [0.3, 0.4) is 0 Å². The summed E-state index contributed by atoms with van der Waals surface area (Å²) < 4.78 is 24.5. The molecule has 2 aromatic rings. The van der Waals surface area contributed by atoms with Crippen LogP contribution in [0.1, 0.15) is 18.9 Å². The number of halogens is 2. The van der Waals surface area contributed by atoms with E-state index in [4.69, 9.17) is 11.6 Å². The lowest BCUT2D eigenvalue weighted by Crippen LogP contribution is -2.38. The highest BCUT2D eigenvalue weighted by atomic mass is 127. The number of rotatable bonds is 9. The second-order valence-corrected chi connectivity index (χ2v) is 8.53. The Morgan fingerprint density at radius 3 is 2.39 bits per heavy atom. The monoisotopic (exact) mass is 535 g/mol. The number of aliphatic imine (C=N–C) groups is 1. The Hall–Kier alpha value is -1.32. The van der Waals surface area contributed by atoms with Crippen molar-refractivity contribution >= 4 is 51.4 Å². The average molecular weight is 536 g/mol. The van der Waals surface area contributed by atoms with Gasteiger partial charge in [-0.1, -0.05) is 48.0 Å². The molecule has 154 valence electrons. The maximum Gasteiger partial charge on any atom is 0.191 e. The third kappa shape index (κ3) is 8.36. The molecule has 0 bridgehead atoms. The predicted octanol–water partition coefficient (Wildman–Crippen LogP) is 3.92. The van der Waals surface area contributed by atoms with Gasteiger partial charge in [0.2, 0.25) is 0 Å². The van der Waals surface area contributed by atoms with Gasteiger partial charge in [0.15, 0.2) is 15.8 Å². The van der Waals surface area contributed by atoms with E-state index < -0.39 is 9.84 Å². The fourth-order valence-electron chi connectivity index (χ4n) is 2.55. The first-order valence-corrected chi connectivity index (χ1v) is 11.1. The van der Waals surface area contributed by atoms with Gasteiger partial charge in [-0.15, -0.1) is 24.0 Å². The maximum absolute atomic E-state index is 12.3. The number of hydrogen-bond acceptors (Lipinski definition) is 3. The number of nitrogens with zero attached hydrogens (tertiary/aromatic N) is 1. The van der Waals surface area contributed by atoms with E-state index in [-0.39, 0.29) is 29.7 Å². The van der Waals surface area contributed by atoms with Gasteiger partial charge in [-0.2, -0.15) is 0 Å². The predicted molar refractivity (Wildman–Crippen MR) is 128 cm³/mol. The summed E-state index contributed by atoms with van der Waals surface area (Å²) in [6.45, 7) is 3.86. The zero-order chi connectivity index (χ0) is 19.5. The molecule has 2 rings (SSSR count). The minimum atomic E-state index is -3.25. The van der Waals surface area contributed by atoms with E-state index in [2.05, 4.69) is 15.6 Å². The molecule has 5 nitrogen and oxygen atoms in total. The summed E-state index contributed by atoms with van der Waals surface area (Å²) in [4.78, 5) is 4.82. The Morgan fingerprint density at radius 2 is 1.71 bits per heavy atom. The van der Waals surface area contributed by atoms with E-state index in [1.54, 1.807) is 30.3 Å². The minimum Gasteiger partial charge on any atom is -0.357 e. The van der Waals surface area contributed by atoms with Crippen molar-refractivity contribution in [1.82, 2.24) is 10.6 Å². The van der Waals surface area contributed by atoms with Crippen LogP contribution < -0.4 is 10.6 Å². The van der Waals surface area contributed by atoms with Crippen LogP contribution in [0.2, 0.25) is 5.02 Å². The van der Waals surface area contributed by atoms with Crippen molar-refractivity contribution in [3.63, 3.8) is 0 Å². The SMILES string of the molecule is CCNC(=NCCCS(=O)(=O)c1ccccc1)NCCc1ccccc1Cl.I. The average Bonchev–Trinajstić information content (AvgIpc) is 2.67. The lowest BCUT2D eigenvalue weighted by atomic mass is 10.1. The van der Waals surface area contributed by atoms with E-state index >= 15 is 0 Å². The summed E-state index contributed by atoms with van der Waals surface area (Å²) in [5.41, 5.74) is 1.08. The Kier molecular flexibility index (Phi) is 11.5. The van der Waals surface area contributed by atoms with E-state index in [0.29, 0.717) is 30.4 Å². The van der Waals surface area contributed by atoms with Crippen LogP contribution in [0.4, 0.5) is 0 Å². The van der Waals surface area contributed by atoms with Crippen LogP contribution >= 0.6 is 35.6 Å². The van der Waals surface area contributed by atoms with E-state index in [1.807, 2.05) is 31.2 Å². The Morgan fingerprint density at radius 1 is 1.04 bits per heavy atom. The molecule has 0 aliphatic carbocycles. The van der Waals surface area contributed by atoms with Gasteiger partial charge in [0.25, 0.3) is 0 Å². The molecule has 2 N–H and O–H groups in total. The molecule has 0 unspecified atom stereocenters. The number of sulfone groups is 1. The summed E-state index contributed by atoms with van der Waals surface area (Å²) >= 11 is 6.17. The highest BCUT2D eigenvalue weighted by Gasteiger charge is 2.12. The largest absolute Gasteiger partial charge is 0.357 e. The number of guanidine groups is 1. The molecule has 0 saturated heterocycles. The summed E-state index contributed by atoms with van der Waals surface area (Å²) in [5, 5.41) is 7.18. The molecule has 0 atom stereocenters. The zero-order valence-electron chi connectivity index (χ0n) is 15.9. The highest BCUT2D eigenvalue weighted by molar-refractivity contribution is 14.0. The number of benzene rings is 2. The molecule has 0 aromatic heterocycles. The Bertz CT molecular complexity index is 846. The van der Waals surface area contributed by atoms with Crippen LogP contribution in [0.15, 0.2) is 64.5 Å². The van der Waals surface area contributed by atoms with Crippen LogP contribution in [-0.2, 0) is 16.3 Å². The topological polar surface area (TPSA) is 70.6 Å². The van der Waals surface area contributed by atoms with Crippen molar-refractivity contribution in [2.45, 2.75) is 24.7 Å². The first-order valence-electron chi connectivity index (χ1n) is 9.06. The van der Waals surface area contributed by atoms with Crippen LogP contribution in [-0.4, -0.2) is 39.8 Å². The summed E-state index contributed by atoms with van der Waals surface area (Å²) in [7, 11) is -3.25. The first-order chi connectivity index (χ1) is 13.0. The van der Waals surface area contributed by atoms with Crippen molar-refractivity contribution in [3.8, 4) is 0 Å². The fraction of sp³-hybridized carbons (Fsp3) is 0.350. The van der Waals surface area contributed by atoms with Gasteiger partial charge in [0.05, 0.1) is 10.6 Å². The molecule has 0 amide bonds. The molecule has 0 aliphatic heterocycles. The third-order valence-corrected chi connectivity index (χ3v) is 6.12. The summed E-state index contributed by atoms with van der Waals surface area (Å²) in [6.07, 6.45) is 1.25. The van der Waals surface area contributed by atoms with Crippen LogP contribution in [0, 0.1) is 0 Å². The molecule has 0 radical (unpaired) electrons. The molecule has 2 aromatic carbocycles. The second kappa shape index (κ2) is 13.0. The van der Waals surface area contributed by atoms with Gasteiger partial charge in [-0.25, -0.2) is 8.42 Å². The molecular weight excluding hydrogens is 509 g/mol. The van der Waals surface area contributed by atoms with Gasteiger partial charge in [-0.05, 0) is 43.5 Å². The molecular formula is C20H27ClIN3O2S. The molecule has 0 spiro atoms. The van der Waals surface area contributed by atoms with Crippen molar-refractivity contribution in [2.24, 2.45) is 4.99 Å². The minimum absolute atomic E-state index is 0. The normalized spacial score (nSPS) is 11.6. The number of nitrogens with one attached hydrogen (secondary N) is 2. The highest BCUT2D eigenvalue weighted by Crippen LogP contribution is 2.14. The van der Waals surface area contributed by atoms with Gasteiger partial charge >= 0.3 is 0 Å². The molecule has 0 heterocycles. The van der Waals surface area contributed by atoms with E-state index in [0.717, 1.165) is 23.6 Å². The molecule has 0 saturated carbocycles. The summed E-state index contributed by atoms with van der Waals surface area (Å²) in [6, 6.07) is 16.3. The van der Waals surface area contributed by atoms with Gasteiger partial charge in [0.1, 0.15) is 0 Å². The quantitative estimate of drug-likeness (QED) is 0.221. The summed E-state index contributed by atoms with van der Waals surface area (Å²) in [5.74, 6) is 0.765. The van der Waals surface area contributed by atoms with Crippen LogP contribution in [0.5, 0.6) is 0 Å². The van der Waals surface area contributed by atoms with E-state index in [9.17, 15) is 8.42 Å². The molecule has 0 aliphatic rings. The van der Waals surface area contributed by atoms with Gasteiger partial charge in [-0.3, -0.25) is 4.99 Å². The Balaban J connectivity index is 0.00000392. The lowest BCUT2D eigenvalue weighted by Gasteiger charge is -2.12. The standard InChI is InChI=1S/C20H26ClN3O2S.HI/c1-2-22-20(24-15-13-17-9-6-7-12-19(17)21)23-14-8-16-27(25,26)18-10-4-3-5-11-18;/h3-7,9-12H,2,8,13-16H2,1H3,(H2,22,23,24);1H. The molecule has 28 heavy (non-hydrogen) atoms. The van der Waals surface area contributed by atoms with Crippen molar-refractivity contribution in [1.29, 1.82) is 0 Å². The third-order valence-electron chi connectivity index (χ3n) is 3.93. The maximum atomic E-state index is 12.3. The zero-order valence-corrected chi connectivity index (χ0v) is 19.8. The van der Waals surface area contributed by atoms with Gasteiger partial charge < -0.3 is 10.6 Å². The van der Waals surface area contributed by atoms with E-state index in [1.165, 1.54) is 0 Å². The van der Waals surface area contributed by atoms with Crippen molar-refractivity contribution < 1.29 is 8.42 Å². The smallest absolute Gasteiger partial charge is 0.191 e. The molecule has 0 fully saturated rings. The van der Waals surface area contributed by atoms with Crippen molar-refractivity contribution in [3.05, 3.63) is 65.2 Å². The second-order valence-electron chi connectivity index (χ2n) is 6.01. The first kappa shape index (κ1) is 24.7. The van der Waals surface area contributed by atoms with Gasteiger partial charge in [0, 0.05) is 24.7 Å². The Labute approximate surface area is 189 Å². The van der Waals surface area contributed by atoms with Crippen LogP contribution in [0.25, 0.3) is 0 Å². The molecule has 8 heteroatoms.